The molecular formula is C11H13FOS2. The van der Waals surface area contributed by atoms with E-state index in [-0.39, 0.29) is 5.82 Å². The van der Waals surface area contributed by atoms with Gasteiger partial charge in [0.1, 0.15) is 11.6 Å². The Kier molecular flexibility index (Phi) is 3.81. The lowest BCUT2D eigenvalue weighted by Crippen LogP contribution is -2.02. The third kappa shape index (κ3) is 2.61. The van der Waals surface area contributed by atoms with Gasteiger partial charge < -0.3 is 4.74 Å². The van der Waals surface area contributed by atoms with Crippen molar-refractivity contribution in [1.82, 2.24) is 0 Å². The van der Waals surface area contributed by atoms with Crippen molar-refractivity contribution in [3.63, 3.8) is 0 Å². The minimum Gasteiger partial charge on any atom is -0.496 e. The quantitative estimate of drug-likeness (QED) is 0.785. The first-order valence-electron chi connectivity index (χ1n) is 4.88. The lowest BCUT2D eigenvalue weighted by atomic mass is 10.2. The average molecular weight is 244 g/mol. The summed E-state index contributed by atoms with van der Waals surface area (Å²) in [7, 11) is 1.63. The van der Waals surface area contributed by atoms with E-state index in [1.165, 1.54) is 12.5 Å². The minimum absolute atomic E-state index is 0.183. The van der Waals surface area contributed by atoms with Crippen molar-refractivity contribution < 1.29 is 9.13 Å². The predicted octanol–water partition coefficient (Wildman–Crippen LogP) is 3.70. The third-order valence-corrected chi connectivity index (χ3v) is 5.25. The van der Waals surface area contributed by atoms with Gasteiger partial charge in [-0.3, -0.25) is 0 Å². The van der Waals surface area contributed by atoms with E-state index >= 15 is 0 Å². The van der Waals surface area contributed by atoms with Gasteiger partial charge in [0.2, 0.25) is 0 Å². The average Bonchev–Trinajstić information content (AvgIpc) is 2.30. The van der Waals surface area contributed by atoms with Crippen molar-refractivity contribution in [2.75, 3.05) is 18.6 Å². The van der Waals surface area contributed by atoms with Gasteiger partial charge in [-0.15, -0.1) is 23.5 Å². The molecule has 0 atom stereocenters. The maximum absolute atomic E-state index is 13.2. The van der Waals surface area contributed by atoms with E-state index in [0.29, 0.717) is 4.58 Å². The Morgan fingerprint density at radius 2 is 2.07 bits per heavy atom. The molecule has 1 fully saturated rings. The number of ether oxygens (including phenoxy) is 1. The SMILES string of the molecule is COc1ccc(F)cc1C1SCCCS1. The molecular weight excluding hydrogens is 231 g/mol. The highest BCUT2D eigenvalue weighted by Crippen LogP contribution is 2.46. The molecule has 15 heavy (non-hydrogen) atoms. The molecule has 82 valence electrons. The van der Waals surface area contributed by atoms with Crippen molar-refractivity contribution in [3.8, 4) is 5.75 Å². The molecule has 1 aliphatic rings. The zero-order chi connectivity index (χ0) is 10.7. The summed E-state index contributed by atoms with van der Waals surface area (Å²) < 4.78 is 18.7. The van der Waals surface area contributed by atoms with E-state index in [2.05, 4.69) is 0 Å². The molecule has 0 spiro atoms. The summed E-state index contributed by atoms with van der Waals surface area (Å²) in [6.07, 6.45) is 1.24. The van der Waals surface area contributed by atoms with Gasteiger partial charge in [-0.1, -0.05) is 0 Å². The van der Waals surface area contributed by atoms with Crippen LogP contribution in [0, 0.1) is 5.82 Å². The molecule has 0 N–H and O–H groups in total. The molecule has 0 saturated carbocycles. The molecule has 2 rings (SSSR count). The number of hydrogen-bond donors (Lipinski definition) is 0. The van der Waals surface area contributed by atoms with Crippen LogP contribution in [-0.2, 0) is 0 Å². The third-order valence-electron chi connectivity index (χ3n) is 2.27. The summed E-state index contributed by atoms with van der Waals surface area (Å²) in [5.74, 6) is 2.91. The highest BCUT2D eigenvalue weighted by Gasteiger charge is 2.20. The van der Waals surface area contributed by atoms with Gasteiger partial charge in [0, 0.05) is 5.56 Å². The van der Waals surface area contributed by atoms with E-state index < -0.39 is 0 Å². The highest BCUT2D eigenvalue weighted by molar-refractivity contribution is 8.16. The van der Waals surface area contributed by atoms with Gasteiger partial charge in [0.05, 0.1) is 11.7 Å². The molecule has 0 bridgehead atoms. The van der Waals surface area contributed by atoms with Crippen LogP contribution < -0.4 is 4.74 Å². The zero-order valence-corrected chi connectivity index (χ0v) is 10.2. The van der Waals surface area contributed by atoms with Crippen molar-refractivity contribution in [2.24, 2.45) is 0 Å². The molecule has 0 aromatic heterocycles. The summed E-state index contributed by atoms with van der Waals surface area (Å²) in [5.41, 5.74) is 0.979. The zero-order valence-electron chi connectivity index (χ0n) is 8.53. The predicted molar refractivity (Wildman–Crippen MR) is 65.2 cm³/mol. The topological polar surface area (TPSA) is 9.23 Å². The molecule has 4 heteroatoms. The molecule has 0 unspecified atom stereocenters. The monoisotopic (exact) mass is 244 g/mol. The summed E-state index contributed by atoms with van der Waals surface area (Å²) >= 11 is 3.74. The molecule has 1 aromatic rings. The second-order valence-electron chi connectivity index (χ2n) is 3.31. The number of methoxy groups -OCH3 is 1. The van der Waals surface area contributed by atoms with E-state index in [4.69, 9.17) is 4.74 Å². The number of hydrogen-bond acceptors (Lipinski definition) is 3. The van der Waals surface area contributed by atoms with Gasteiger partial charge in [-0.25, -0.2) is 4.39 Å². The van der Waals surface area contributed by atoms with Crippen LogP contribution in [0.25, 0.3) is 0 Å². The van der Waals surface area contributed by atoms with Gasteiger partial charge in [0.25, 0.3) is 0 Å². The van der Waals surface area contributed by atoms with E-state index in [1.807, 2.05) is 23.5 Å². The Morgan fingerprint density at radius 3 is 2.73 bits per heavy atom. The fourth-order valence-electron chi connectivity index (χ4n) is 1.56. The lowest BCUT2D eigenvalue weighted by molar-refractivity contribution is 0.410. The van der Waals surface area contributed by atoms with Crippen LogP contribution >= 0.6 is 23.5 Å². The van der Waals surface area contributed by atoms with Crippen LogP contribution in [0.3, 0.4) is 0 Å². The summed E-state index contributed by atoms with van der Waals surface area (Å²) in [4.78, 5) is 0. The first kappa shape index (κ1) is 11.1. The Balaban J connectivity index is 2.27. The fraction of sp³-hybridized carbons (Fsp3) is 0.455. The van der Waals surface area contributed by atoms with Gasteiger partial charge in [0.15, 0.2) is 0 Å². The molecule has 1 aliphatic heterocycles. The second kappa shape index (κ2) is 5.12. The van der Waals surface area contributed by atoms with Gasteiger partial charge >= 0.3 is 0 Å². The normalized spacial score (nSPS) is 17.7. The minimum atomic E-state index is -0.183. The lowest BCUT2D eigenvalue weighted by Gasteiger charge is -2.22. The van der Waals surface area contributed by atoms with Crippen LogP contribution in [0.15, 0.2) is 18.2 Å². The van der Waals surface area contributed by atoms with Gasteiger partial charge in [-0.2, -0.15) is 0 Å². The Morgan fingerprint density at radius 1 is 1.33 bits per heavy atom. The van der Waals surface area contributed by atoms with Crippen LogP contribution in [0.5, 0.6) is 5.75 Å². The van der Waals surface area contributed by atoms with Crippen molar-refractivity contribution in [3.05, 3.63) is 29.6 Å². The van der Waals surface area contributed by atoms with Crippen molar-refractivity contribution in [2.45, 2.75) is 11.0 Å². The molecule has 1 saturated heterocycles. The molecule has 0 radical (unpaired) electrons. The van der Waals surface area contributed by atoms with Crippen LogP contribution in [0.1, 0.15) is 16.6 Å². The number of halogens is 1. The van der Waals surface area contributed by atoms with Crippen LogP contribution in [0.2, 0.25) is 0 Å². The summed E-state index contributed by atoms with van der Waals surface area (Å²) in [6.45, 7) is 0. The summed E-state index contributed by atoms with van der Waals surface area (Å²) in [6, 6.07) is 4.75. The molecule has 0 amide bonds. The fourth-order valence-corrected chi connectivity index (χ4v) is 4.48. The van der Waals surface area contributed by atoms with Crippen LogP contribution in [-0.4, -0.2) is 18.6 Å². The Hall–Kier alpha value is -0.350. The van der Waals surface area contributed by atoms with Crippen molar-refractivity contribution in [1.29, 1.82) is 0 Å². The largest absolute Gasteiger partial charge is 0.496 e. The molecule has 1 aromatic carbocycles. The first-order chi connectivity index (χ1) is 7.31. The maximum atomic E-state index is 13.2. The van der Waals surface area contributed by atoms with E-state index in [0.717, 1.165) is 22.8 Å². The summed E-state index contributed by atoms with van der Waals surface area (Å²) in [5, 5.41) is 0. The van der Waals surface area contributed by atoms with Crippen LogP contribution in [0.4, 0.5) is 4.39 Å². The molecule has 1 heterocycles. The Bertz CT molecular complexity index is 337. The van der Waals surface area contributed by atoms with E-state index in [1.54, 1.807) is 19.2 Å². The first-order valence-corrected chi connectivity index (χ1v) is 6.97. The number of thioether (sulfide) groups is 2. The number of benzene rings is 1. The standard InChI is InChI=1S/C11H13FOS2/c1-13-10-4-3-8(12)7-9(10)11-14-5-2-6-15-11/h3-4,7,11H,2,5-6H2,1H3. The second-order valence-corrected chi connectivity index (χ2v) is 6.04. The Labute approximate surface area is 97.8 Å². The van der Waals surface area contributed by atoms with Gasteiger partial charge in [-0.05, 0) is 36.1 Å². The van der Waals surface area contributed by atoms with Crippen molar-refractivity contribution >= 4 is 23.5 Å². The smallest absolute Gasteiger partial charge is 0.124 e. The van der Waals surface area contributed by atoms with E-state index in [9.17, 15) is 4.39 Å². The molecule has 1 nitrogen and oxygen atoms in total. The molecule has 0 aliphatic carbocycles. The number of rotatable bonds is 2. The maximum Gasteiger partial charge on any atom is 0.124 e. The highest BCUT2D eigenvalue weighted by atomic mass is 32.2.